The first-order valence-corrected chi connectivity index (χ1v) is 6.84. The fraction of sp³-hybridized carbons (Fsp3) is 0.929. The molecule has 0 heterocycles. The Kier molecular flexibility index (Phi) is 5.60. The highest BCUT2D eigenvalue weighted by atomic mass is 16.5. The number of hydrogen-bond donors (Lipinski definition) is 1. The van der Waals surface area contributed by atoms with E-state index < -0.39 is 11.4 Å². The van der Waals surface area contributed by atoms with Crippen molar-refractivity contribution >= 4 is 5.97 Å². The predicted octanol–water partition coefficient (Wildman–Crippen LogP) is 2.23. The fourth-order valence-electron chi connectivity index (χ4n) is 2.76. The minimum absolute atomic E-state index is 0.255. The minimum Gasteiger partial charge on any atom is -0.481 e. The van der Waals surface area contributed by atoms with Crippen LogP contribution in [0.3, 0.4) is 0 Å². The average Bonchev–Trinajstić information content (AvgIpc) is 2.32. The summed E-state index contributed by atoms with van der Waals surface area (Å²) in [6.07, 6.45) is 3.65. The van der Waals surface area contributed by atoms with Crippen LogP contribution in [0.2, 0.25) is 0 Å². The molecule has 4 nitrogen and oxygen atoms in total. The maximum atomic E-state index is 11.6. The zero-order valence-electron chi connectivity index (χ0n) is 12.1. The predicted molar refractivity (Wildman–Crippen MR) is 71.7 cm³/mol. The molecule has 1 aliphatic carbocycles. The standard InChI is InChI=1S/C14H27NO3/c1-11-5-7-14(8-6-11,13(16)17)10-15(3)12(2)9-18-4/h11-12H,5-10H2,1-4H3,(H,16,17). The van der Waals surface area contributed by atoms with E-state index in [1.54, 1.807) is 7.11 Å². The second-order valence-corrected chi connectivity index (χ2v) is 5.99. The van der Waals surface area contributed by atoms with Gasteiger partial charge in [-0.15, -0.1) is 0 Å². The van der Waals surface area contributed by atoms with E-state index in [0.717, 1.165) is 25.7 Å². The summed E-state index contributed by atoms with van der Waals surface area (Å²) in [6.45, 7) is 5.55. The Balaban J connectivity index is 2.66. The lowest BCUT2D eigenvalue weighted by Crippen LogP contribution is -2.47. The molecular formula is C14H27NO3. The lowest BCUT2D eigenvalue weighted by atomic mass is 9.70. The van der Waals surface area contributed by atoms with Gasteiger partial charge in [0.1, 0.15) is 0 Å². The fourth-order valence-corrected chi connectivity index (χ4v) is 2.76. The van der Waals surface area contributed by atoms with Crippen LogP contribution >= 0.6 is 0 Å². The highest BCUT2D eigenvalue weighted by molar-refractivity contribution is 5.75. The average molecular weight is 257 g/mol. The Hall–Kier alpha value is -0.610. The van der Waals surface area contributed by atoms with Crippen molar-refractivity contribution in [2.24, 2.45) is 11.3 Å². The van der Waals surface area contributed by atoms with Crippen molar-refractivity contribution in [2.75, 3.05) is 27.3 Å². The molecule has 1 N–H and O–H groups in total. The Labute approximate surface area is 110 Å². The number of hydrogen-bond acceptors (Lipinski definition) is 3. The lowest BCUT2D eigenvalue weighted by molar-refractivity contribution is -0.153. The van der Waals surface area contributed by atoms with Crippen LogP contribution in [-0.2, 0) is 9.53 Å². The number of carboxylic acid groups (broad SMARTS) is 1. The summed E-state index contributed by atoms with van der Waals surface area (Å²) in [4.78, 5) is 13.8. The number of carbonyl (C=O) groups is 1. The summed E-state index contributed by atoms with van der Waals surface area (Å²) >= 11 is 0. The van der Waals surface area contributed by atoms with Crippen LogP contribution in [0, 0.1) is 11.3 Å². The molecule has 0 aromatic heterocycles. The van der Waals surface area contributed by atoms with Gasteiger partial charge in [-0.3, -0.25) is 4.79 Å². The molecule has 1 unspecified atom stereocenters. The van der Waals surface area contributed by atoms with Gasteiger partial charge in [0.2, 0.25) is 0 Å². The molecule has 1 aliphatic rings. The lowest BCUT2D eigenvalue weighted by Gasteiger charge is -2.40. The highest BCUT2D eigenvalue weighted by Crippen LogP contribution is 2.39. The van der Waals surface area contributed by atoms with Crippen molar-refractivity contribution in [2.45, 2.75) is 45.6 Å². The number of likely N-dealkylation sites (N-methyl/N-ethyl adjacent to an activating group) is 1. The molecular weight excluding hydrogens is 230 g/mol. The topological polar surface area (TPSA) is 49.8 Å². The third kappa shape index (κ3) is 3.69. The molecule has 0 aromatic carbocycles. The molecule has 0 aromatic rings. The zero-order chi connectivity index (χ0) is 13.8. The Morgan fingerprint density at radius 3 is 2.50 bits per heavy atom. The Bertz CT molecular complexity index is 272. The van der Waals surface area contributed by atoms with Gasteiger partial charge in [-0.05, 0) is 45.6 Å². The smallest absolute Gasteiger partial charge is 0.310 e. The van der Waals surface area contributed by atoms with E-state index in [0.29, 0.717) is 19.1 Å². The van der Waals surface area contributed by atoms with Gasteiger partial charge in [0.15, 0.2) is 0 Å². The van der Waals surface area contributed by atoms with Crippen LogP contribution in [0.4, 0.5) is 0 Å². The van der Waals surface area contributed by atoms with Gasteiger partial charge >= 0.3 is 5.97 Å². The monoisotopic (exact) mass is 257 g/mol. The summed E-state index contributed by atoms with van der Waals surface area (Å²) in [5.74, 6) is 0.0325. The van der Waals surface area contributed by atoms with Gasteiger partial charge in [0.25, 0.3) is 0 Å². The van der Waals surface area contributed by atoms with Crippen LogP contribution in [0.25, 0.3) is 0 Å². The Morgan fingerprint density at radius 1 is 1.50 bits per heavy atom. The molecule has 1 saturated carbocycles. The number of methoxy groups -OCH3 is 1. The van der Waals surface area contributed by atoms with Crippen LogP contribution in [0.1, 0.15) is 39.5 Å². The van der Waals surface area contributed by atoms with E-state index in [2.05, 4.69) is 18.7 Å². The second-order valence-electron chi connectivity index (χ2n) is 5.99. The van der Waals surface area contributed by atoms with Gasteiger partial charge in [-0.1, -0.05) is 6.92 Å². The van der Waals surface area contributed by atoms with Crippen molar-refractivity contribution in [3.05, 3.63) is 0 Å². The minimum atomic E-state index is -0.633. The maximum absolute atomic E-state index is 11.6. The molecule has 0 saturated heterocycles. The molecule has 0 bridgehead atoms. The molecule has 1 rings (SSSR count). The number of nitrogens with zero attached hydrogens (tertiary/aromatic N) is 1. The van der Waals surface area contributed by atoms with Crippen LogP contribution < -0.4 is 0 Å². The summed E-state index contributed by atoms with van der Waals surface area (Å²) in [7, 11) is 3.67. The molecule has 0 aliphatic heterocycles. The summed E-state index contributed by atoms with van der Waals surface area (Å²) in [5.41, 5.74) is -0.552. The van der Waals surface area contributed by atoms with Crippen LogP contribution in [-0.4, -0.2) is 49.3 Å². The number of rotatable bonds is 6. The van der Waals surface area contributed by atoms with Crippen molar-refractivity contribution in [1.82, 2.24) is 4.90 Å². The SMILES string of the molecule is COCC(C)N(C)CC1(C(=O)O)CCC(C)CC1. The summed E-state index contributed by atoms with van der Waals surface area (Å²) in [6, 6.07) is 0.255. The quantitative estimate of drug-likeness (QED) is 0.793. The third-order valence-electron chi connectivity index (χ3n) is 4.40. The van der Waals surface area contributed by atoms with Gasteiger partial charge in [-0.25, -0.2) is 0 Å². The molecule has 1 fully saturated rings. The van der Waals surface area contributed by atoms with Crippen LogP contribution in [0.5, 0.6) is 0 Å². The number of aliphatic carboxylic acids is 1. The number of ether oxygens (including phenoxy) is 1. The van der Waals surface area contributed by atoms with Gasteiger partial charge in [0.05, 0.1) is 12.0 Å². The largest absolute Gasteiger partial charge is 0.481 e. The van der Waals surface area contributed by atoms with E-state index in [4.69, 9.17) is 4.74 Å². The molecule has 1 atom stereocenters. The van der Waals surface area contributed by atoms with Crippen molar-refractivity contribution < 1.29 is 14.6 Å². The van der Waals surface area contributed by atoms with Crippen molar-refractivity contribution in [3.8, 4) is 0 Å². The molecule has 18 heavy (non-hydrogen) atoms. The van der Waals surface area contributed by atoms with E-state index in [1.807, 2.05) is 7.05 Å². The normalized spacial score (nSPS) is 30.4. The summed E-state index contributed by atoms with van der Waals surface area (Å²) in [5, 5.41) is 9.58. The molecule has 0 radical (unpaired) electrons. The zero-order valence-corrected chi connectivity index (χ0v) is 12.1. The first kappa shape index (κ1) is 15.4. The molecule has 0 spiro atoms. The van der Waals surface area contributed by atoms with E-state index in [1.165, 1.54) is 0 Å². The van der Waals surface area contributed by atoms with Gasteiger partial charge < -0.3 is 14.7 Å². The van der Waals surface area contributed by atoms with Crippen LogP contribution in [0.15, 0.2) is 0 Å². The summed E-state index contributed by atoms with van der Waals surface area (Å²) < 4.78 is 5.14. The van der Waals surface area contributed by atoms with Crippen molar-refractivity contribution in [1.29, 1.82) is 0 Å². The first-order valence-electron chi connectivity index (χ1n) is 6.84. The Morgan fingerprint density at radius 2 is 2.06 bits per heavy atom. The van der Waals surface area contributed by atoms with Gasteiger partial charge in [0, 0.05) is 19.7 Å². The second kappa shape index (κ2) is 6.53. The van der Waals surface area contributed by atoms with E-state index in [-0.39, 0.29) is 6.04 Å². The first-order chi connectivity index (χ1) is 8.41. The van der Waals surface area contributed by atoms with Gasteiger partial charge in [-0.2, -0.15) is 0 Å². The van der Waals surface area contributed by atoms with E-state index in [9.17, 15) is 9.90 Å². The third-order valence-corrected chi connectivity index (χ3v) is 4.40. The van der Waals surface area contributed by atoms with Crippen molar-refractivity contribution in [3.63, 3.8) is 0 Å². The highest BCUT2D eigenvalue weighted by Gasteiger charge is 2.42. The molecule has 0 amide bonds. The number of carboxylic acids is 1. The molecule has 4 heteroatoms. The van der Waals surface area contributed by atoms with E-state index >= 15 is 0 Å². The maximum Gasteiger partial charge on any atom is 0.310 e. The molecule has 106 valence electrons.